The number of likely N-dealkylation sites (tertiary alicyclic amines) is 1. The van der Waals surface area contributed by atoms with Gasteiger partial charge >= 0.3 is 0 Å². The maximum atomic E-state index is 11.4. The molecule has 0 bridgehead atoms. The molecule has 0 aromatic carbocycles. The SMILES string of the molecule is CCc1nc(CN(C)[C@H]2CCN(CCNS(=O)(=O)CC)C2)no1. The molecule has 1 fully saturated rings. The molecule has 8 nitrogen and oxygen atoms in total. The van der Waals surface area contributed by atoms with Crippen LogP contribution in [0.1, 0.15) is 32.0 Å². The fourth-order valence-electron chi connectivity index (χ4n) is 2.69. The molecule has 9 heteroatoms. The molecule has 1 atom stereocenters. The summed E-state index contributed by atoms with van der Waals surface area (Å²) in [5, 5.41) is 3.99. The summed E-state index contributed by atoms with van der Waals surface area (Å²) in [6.07, 6.45) is 1.82. The first-order valence-corrected chi connectivity index (χ1v) is 9.80. The minimum absolute atomic E-state index is 0.128. The molecule has 0 unspecified atom stereocenters. The Labute approximate surface area is 138 Å². The summed E-state index contributed by atoms with van der Waals surface area (Å²) in [6, 6.07) is 0.432. The van der Waals surface area contributed by atoms with Gasteiger partial charge in [-0.15, -0.1) is 0 Å². The summed E-state index contributed by atoms with van der Waals surface area (Å²) >= 11 is 0. The highest BCUT2D eigenvalue weighted by molar-refractivity contribution is 7.89. The van der Waals surface area contributed by atoms with Crippen LogP contribution in [0.4, 0.5) is 0 Å². The van der Waals surface area contributed by atoms with Crippen molar-refractivity contribution >= 4 is 10.0 Å². The van der Waals surface area contributed by atoms with Gasteiger partial charge in [0.25, 0.3) is 0 Å². The van der Waals surface area contributed by atoms with E-state index in [9.17, 15) is 8.42 Å². The van der Waals surface area contributed by atoms with Crippen LogP contribution in [-0.4, -0.2) is 73.4 Å². The lowest BCUT2D eigenvalue weighted by atomic mass is 10.2. The molecule has 0 aliphatic carbocycles. The molecule has 1 aromatic heterocycles. The first-order chi connectivity index (χ1) is 10.9. The Balaban J connectivity index is 1.73. The topological polar surface area (TPSA) is 91.6 Å². The van der Waals surface area contributed by atoms with Crippen molar-refractivity contribution < 1.29 is 12.9 Å². The maximum absolute atomic E-state index is 11.4. The maximum Gasteiger partial charge on any atom is 0.226 e. The lowest BCUT2D eigenvalue weighted by molar-refractivity contribution is 0.218. The van der Waals surface area contributed by atoms with Gasteiger partial charge in [0.1, 0.15) is 0 Å². The van der Waals surface area contributed by atoms with Gasteiger partial charge in [-0.3, -0.25) is 4.90 Å². The molecular formula is C14H27N5O3S. The van der Waals surface area contributed by atoms with Gasteiger partial charge in [-0.05, 0) is 26.9 Å². The van der Waals surface area contributed by atoms with Gasteiger partial charge < -0.3 is 9.42 Å². The molecule has 0 radical (unpaired) electrons. The number of aryl methyl sites for hydroxylation is 1. The van der Waals surface area contributed by atoms with Crippen LogP contribution in [0.2, 0.25) is 0 Å². The smallest absolute Gasteiger partial charge is 0.226 e. The van der Waals surface area contributed by atoms with Crippen molar-refractivity contribution in [1.82, 2.24) is 24.7 Å². The minimum atomic E-state index is -3.10. The summed E-state index contributed by atoms with van der Waals surface area (Å²) in [7, 11) is -1.03. The van der Waals surface area contributed by atoms with Crippen LogP contribution in [0.5, 0.6) is 0 Å². The highest BCUT2D eigenvalue weighted by atomic mass is 32.2. The van der Waals surface area contributed by atoms with Crippen molar-refractivity contribution in [2.45, 2.75) is 39.3 Å². The predicted molar refractivity (Wildman–Crippen MR) is 87.5 cm³/mol. The van der Waals surface area contributed by atoms with Crippen LogP contribution in [0.15, 0.2) is 4.52 Å². The molecule has 2 heterocycles. The second kappa shape index (κ2) is 8.18. The van der Waals surface area contributed by atoms with E-state index < -0.39 is 10.0 Å². The van der Waals surface area contributed by atoms with Gasteiger partial charge in [0, 0.05) is 32.1 Å². The molecule has 1 saturated heterocycles. The lowest BCUT2D eigenvalue weighted by Crippen LogP contribution is -2.37. The average molecular weight is 345 g/mol. The van der Waals surface area contributed by atoms with Crippen LogP contribution in [0.25, 0.3) is 0 Å². The van der Waals surface area contributed by atoms with Gasteiger partial charge in [0.2, 0.25) is 15.9 Å². The fraction of sp³-hybridized carbons (Fsp3) is 0.857. The number of likely N-dealkylation sites (N-methyl/N-ethyl adjacent to an activating group) is 1. The van der Waals surface area contributed by atoms with Gasteiger partial charge in [0.05, 0.1) is 12.3 Å². The monoisotopic (exact) mass is 345 g/mol. The number of nitrogens with zero attached hydrogens (tertiary/aromatic N) is 4. The molecule has 2 rings (SSSR count). The molecule has 1 aromatic rings. The van der Waals surface area contributed by atoms with Crippen molar-refractivity contribution in [2.24, 2.45) is 0 Å². The summed E-state index contributed by atoms with van der Waals surface area (Å²) in [5.74, 6) is 1.52. The number of nitrogens with one attached hydrogen (secondary N) is 1. The van der Waals surface area contributed by atoms with E-state index in [4.69, 9.17) is 4.52 Å². The molecule has 0 spiro atoms. The third-order valence-corrected chi connectivity index (χ3v) is 5.61. The molecule has 23 heavy (non-hydrogen) atoms. The molecule has 1 aliphatic heterocycles. The Morgan fingerprint density at radius 3 is 2.87 bits per heavy atom. The summed E-state index contributed by atoms with van der Waals surface area (Å²) in [5.41, 5.74) is 0. The quantitative estimate of drug-likeness (QED) is 0.677. The predicted octanol–water partition coefficient (Wildman–Crippen LogP) is 0.0774. The van der Waals surface area contributed by atoms with E-state index in [1.54, 1.807) is 6.92 Å². The van der Waals surface area contributed by atoms with Crippen LogP contribution in [-0.2, 0) is 23.0 Å². The Bertz CT molecular complexity index is 589. The second-order valence-electron chi connectivity index (χ2n) is 5.91. The Hall–Kier alpha value is -1.03. The highest BCUT2D eigenvalue weighted by Crippen LogP contribution is 2.15. The zero-order valence-electron chi connectivity index (χ0n) is 14.2. The van der Waals surface area contributed by atoms with E-state index in [2.05, 4.69) is 31.7 Å². The van der Waals surface area contributed by atoms with E-state index in [1.807, 2.05) is 6.92 Å². The molecule has 1 N–H and O–H groups in total. The molecule has 0 saturated carbocycles. The average Bonchev–Trinajstić information content (AvgIpc) is 3.16. The van der Waals surface area contributed by atoms with E-state index in [0.29, 0.717) is 25.0 Å². The van der Waals surface area contributed by atoms with Crippen LogP contribution in [0.3, 0.4) is 0 Å². The summed E-state index contributed by atoms with van der Waals surface area (Å²) < 4.78 is 30.6. The van der Waals surface area contributed by atoms with Gasteiger partial charge in [-0.1, -0.05) is 12.1 Å². The standard InChI is InChI=1S/C14H27N5O3S/c1-4-14-16-13(17-22-14)11-18(3)12-6-8-19(10-12)9-7-15-23(20,21)5-2/h12,15H,4-11H2,1-3H3/t12-/m0/s1. The van der Waals surface area contributed by atoms with Crippen molar-refractivity contribution in [1.29, 1.82) is 0 Å². The fourth-order valence-corrected chi connectivity index (χ4v) is 3.29. The summed E-state index contributed by atoms with van der Waals surface area (Å²) in [6.45, 7) is 7.43. The number of hydrogen-bond acceptors (Lipinski definition) is 7. The Morgan fingerprint density at radius 1 is 1.43 bits per heavy atom. The van der Waals surface area contributed by atoms with E-state index >= 15 is 0 Å². The third-order valence-electron chi connectivity index (χ3n) is 4.20. The van der Waals surface area contributed by atoms with Gasteiger partial charge in [0.15, 0.2) is 5.82 Å². The molecule has 1 aliphatic rings. The normalized spacial score (nSPS) is 19.7. The lowest BCUT2D eigenvalue weighted by Gasteiger charge is -2.23. The number of hydrogen-bond donors (Lipinski definition) is 1. The van der Waals surface area contributed by atoms with Crippen molar-refractivity contribution in [3.63, 3.8) is 0 Å². The Kier molecular flexibility index (Phi) is 6.51. The molecule has 0 amide bonds. The summed E-state index contributed by atoms with van der Waals surface area (Å²) in [4.78, 5) is 8.86. The van der Waals surface area contributed by atoms with Crippen LogP contribution < -0.4 is 4.72 Å². The third kappa shape index (κ3) is 5.52. The Morgan fingerprint density at radius 2 is 2.22 bits per heavy atom. The first kappa shape index (κ1) is 18.3. The minimum Gasteiger partial charge on any atom is -0.339 e. The van der Waals surface area contributed by atoms with E-state index in [-0.39, 0.29) is 5.75 Å². The largest absolute Gasteiger partial charge is 0.339 e. The van der Waals surface area contributed by atoms with Crippen molar-refractivity contribution in [3.05, 3.63) is 11.7 Å². The number of aromatic nitrogens is 2. The zero-order valence-corrected chi connectivity index (χ0v) is 15.0. The van der Waals surface area contributed by atoms with Crippen LogP contribution in [0, 0.1) is 0 Å². The first-order valence-electron chi connectivity index (χ1n) is 8.15. The molecule has 132 valence electrons. The van der Waals surface area contributed by atoms with Gasteiger partial charge in [-0.25, -0.2) is 13.1 Å². The second-order valence-corrected chi connectivity index (χ2v) is 8.01. The van der Waals surface area contributed by atoms with E-state index in [1.165, 1.54) is 0 Å². The number of sulfonamides is 1. The zero-order chi connectivity index (χ0) is 16.9. The van der Waals surface area contributed by atoms with E-state index in [0.717, 1.165) is 38.3 Å². The van der Waals surface area contributed by atoms with Crippen LogP contribution >= 0.6 is 0 Å². The highest BCUT2D eigenvalue weighted by Gasteiger charge is 2.26. The molecular weight excluding hydrogens is 318 g/mol. The van der Waals surface area contributed by atoms with Crippen molar-refractivity contribution in [3.8, 4) is 0 Å². The van der Waals surface area contributed by atoms with Gasteiger partial charge in [-0.2, -0.15) is 4.98 Å². The van der Waals surface area contributed by atoms with Crippen molar-refractivity contribution in [2.75, 3.05) is 39.0 Å². The number of rotatable bonds is 9.